The van der Waals surface area contributed by atoms with E-state index in [1.807, 2.05) is 0 Å². The van der Waals surface area contributed by atoms with Gasteiger partial charge in [0.2, 0.25) is 0 Å². The standard InChI is InChI=1S/C18H17BrN2/c1-18(2)20-15(12-8-10-14(19)11-9-12)17-16(21(17)18)13-6-4-3-5-7-13/h3-11,16-17H,1-2H3/t16-,17-,21?/m1/s1. The monoisotopic (exact) mass is 340 g/mol. The third-order valence-electron chi connectivity index (χ3n) is 4.40. The van der Waals surface area contributed by atoms with Crippen LogP contribution in [0.5, 0.6) is 0 Å². The average molecular weight is 341 g/mol. The van der Waals surface area contributed by atoms with Crippen LogP contribution in [0, 0.1) is 0 Å². The summed E-state index contributed by atoms with van der Waals surface area (Å²) in [4.78, 5) is 7.45. The minimum Gasteiger partial charge on any atom is -0.266 e. The number of halogens is 1. The summed E-state index contributed by atoms with van der Waals surface area (Å²) in [5, 5.41) is 0. The Morgan fingerprint density at radius 3 is 2.29 bits per heavy atom. The van der Waals surface area contributed by atoms with Crippen molar-refractivity contribution in [1.29, 1.82) is 0 Å². The van der Waals surface area contributed by atoms with Gasteiger partial charge < -0.3 is 0 Å². The van der Waals surface area contributed by atoms with Crippen LogP contribution in [-0.2, 0) is 0 Å². The van der Waals surface area contributed by atoms with E-state index in [4.69, 9.17) is 4.99 Å². The van der Waals surface area contributed by atoms with Crippen molar-refractivity contribution in [2.45, 2.75) is 31.6 Å². The molecule has 2 aromatic carbocycles. The Bertz CT molecular complexity index is 704. The van der Waals surface area contributed by atoms with Gasteiger partial charge in [-0.15, -0.1) is 0 Å². The molecule has 21 heavy (non-hydrogen) atoms. The van der Waals surface area contributed by atoms with E-state index in [0.29, 0.717) is 12.1 Å². The molecule has 106 valence electrons. The topological polar surface area (TPSA) is 15.4 Å². The summed E-state index contributed by atoms with van der Waals surface area (Å²) in [6.45, 7) is 4.41. The molecule has 0 aliphatic carbocycles. The Balaban J connectivity index is 1.72. The fourth-order valence-electron chi connectivity index (χ4n) is 3.46. The van der Waals surface area contributed by atoms with Gasteiger partial charge in [-0.3, -0.25) is 9.89 Å². The first kappa shape index (κ1) is 13.2. The van der Waals surface area contributed by atoms with Crippen molar-refractivity contribution in [2.24, 2.45) is 4.99 Å². The number of benzene rings is 2. The van der Waals surface area contributed by atoms with E-state index in [1.54, 1.807) is 0 Å². The van der Waals surface area contributed by atoms with Gasteiger partial charge in [0.15, 0.2) is 0 Å². The molecule has 3 heteroatoms. The van der Waals surface area contributed by atoms with E-state index in [-0.39, 0.29) is 5.66 Å². The number of hydrogen-bond donors (Lipinski definition) is 0. The van der Waals surface area contributed by atoms with Crippen molar-refractivity contribution >= 4 is 21.6 Å². The van der Waals surface area contributed by atoms with Gasteiger partial charge in [-0.05, 0) is 37.1 Å². The first-order chi connectivity index (χ1) is 10.1. The molecule has 3 atom stereocenters. The quantitative estimate of drug-likeness (QED) is 0.739. The second-order valence-electron chi connectivity index (χ2n) is 6.21. The fraction of sp³-hybridized carbons (Fsp3) is 0.278. The highest BCUT2D eigenvalue weighted by molar-refractivity contribution is 9.10. The molecule has 4 rings (SSSR count). The first-order valence-corrected chi connectivity index (χ1v) is 8.06. The van der Waals surface area contributed by atoms with Crippen molar-refractivity contribution in [1.82, 2.24) is 4.90 Å². The number of hydrogen-bond acceptors (Lipinski definition) is 2. The molecule has 0 spiro atoms. The third kappa shape index (κ3) is 2.07. The van der Waals surface area contributed by atoms with Crippen LogP contribution in [0.25, 0.3) is 0 Å². The second kappa shape index (κ2) is 4.52. The summed E-state index contributed by atoms with van der Waals surface area (Å²) >= 11 is 3.50. The van der Waals surface area contributed by atoms with Crippen LogP contribution >= 0.6 is 15.9 Å². The zero-order valence-electron chi connectivity index (χ0n) is 12.1. The van der Waals surface area contributed by atoms with Crippen LogP contribution in [0.2, 0.25) is 0 Å². The second-order valence-corrected chi connectivity index (χ2v) is 7.12. The lowest BCUT2D eigenvalue weighted by molar-refractivity contribution is 0.281. The van der Waals surface area contributed by atoms with Gasteiger partial charge in [0.05, 0.1) is 17.8 Å². The Morgan fingerprint density at radius 1 is 0.952 bits per heavy atom. The minimum atomic E-state index is -0.117. The summed E-state index contributed by atoms with van der Waals surface area (Å²) in [5.41, 5.74) is 3.73. The molecule has 0 saturated carbocycles. The van der Waals surface area contributed by atoms with Crippen LogP contribution in [0.4, 0.5) is 0 Å². The zero-order valence-corrected chi connectivity index (χ0v) is 13.7. The molecule has 1 saturated heterocycles. The maximum Gasteiger partial charge on any atom is 0.109 e. The molecular formula is C18H17BrN2. The highest BCUT2D eigenvalue weighted by atomic mass is 79.9. The molecular weight excluding hydrogens is 324 g/mol. The molecule has 0 N–H and O–H groups in total. The Kier molecular flexibility index (Phi) is 2.85. The van der Waals surface area contributed by atoms with Crippen molar-refractivity contribution in [3.05, 3.63) is 70.2 Å². The SMILES string of the molecule is CC1(C)N=C(c2ccc(Br)cc2)[C@@H]2[C@@H](c3ccccc3)N21. The van der Waals surface area contributed by atoms with Gasteiger partial charge in [0.25, 0.3) is 0 Å². The molecule has 2 nitrogen and oxygen atoms in total. The van der Waals surface area contributed by atoms with E-state index >= 15 is 0 Å². The highest BCUT2D eigenvalue weighted by Crippen LogP contribution is 2.54. The van der Waals surface area contributed by atoms with Gasteiger partial charge in [-0.2, -0.15) is 0 Å². The van der Waals surface area contributed by atoms with Crippen molar-refractivity contribution in [3.8, 4) is 0 Å². The van der Waals surface area contributed by atoms with Gasteiger partial charge in [0.1, 0.15) is 5.66 Å². The van der Waals surface area contributed by atoms with Crippen LogP contribution in [0.15, 0.2) is 64.1 Å². The predicted octanol–water partition coefficient (Wildman–Crippen LogP) is 4.41. The van der Waals surface area contributed by atoms with Gasteiger partial charge in [-0.25, -0.2) is 0 Å². The summed E-state index contributed by atoms with van der Waals surface area (Å²) < 4.78 is 1.11. The van der Waals surface area contributed by atoms with E-state index in [1.165, 1.54) is 16.8 Å². The van der Waals surface area contributed by atoms with Crippen LogP contribution in [0.1, 0.15) is 31.0 Å². The molecule has 2 aliphatic rings. The van der Waals surface area contributed by atoms with E-state index in [2.05, 4.69) is 89.3 Å². The predicted molar refractivity (Wildman–Crippen MR) is 89.6 cm³/mol. The maximum atomic E-state index is 4.95. The lowest BCUT2D eigenvalue weighted by atomic mass is 10.0. The lowest BCUT2D eigenvalue weighted by Gasteiger charge is -2.20. The molecule has 0 radical (unpaired) electrons. The van der Waals surface area contributed by atoms with E-state index in [9.17, 15) is 0 Å². The summed E-state index contributed by atoms with van der Waals surface area (Å²) in [7, 11) is 0. The van der Waals surface area contributed by atoms with E-state index in [0.717, 1.165) is 4.47 Å². The lowest BCUT2D eigenvalue weighted by Crippen LogP contribution is -2.25. The number of fused-ring (bicyclic) bond motifs is 1. The van der Waals surface area contributed by atoms with Gasteiger partial charge in [0, 0.05) is 4.47 Å². The molecule has 0 aromatic heterocycles. The molecule has 1 unspecified atom stereocenters. The van der Waals surface area contributed by atoms with E-state index < -0.39 is 0 Å². The van der Waals surface area contributed by atoms with Gasteiger partial charge >= 0.3 is 0 Å². The molecule has 2 aromatic rings. The number of rotatable bonds is 2. The normalized spacial score (nSPS) is 28.9. The zero-order chi connectivity index (χ0) is 14.6. The average Bonchev–Trinajstić information content (AvgIpc) is 3.17. The largest absolute Gasteiger partial charge is 0.266 e. The molecule has 0 amide bonds. The number of aliphatic imine (C=N–C) groups is 1. The Labute approximate surface area is 133 Å². The minimum absolute atomic E-state index is 0.117. The van der Waals surface area contributed by atoms with Crippen molar-refractivity contribution in [3.63, 3.8) is 0 Å². The maximum absolute atomic E-state index is 4.95. The third-order valence-corrected chi connectivity index (χ3v) is 4.92. The Hall–Kier alpha value is -1.45. The van der Waals surface area contributed by atoms with Crippen molar-refractivity contribution < 1.29 is 0 Å². The fourth-order valence-corrected chi connectivity index (χ4v) is 3.73. The summed E-state index contributed by atoms with van der Waals surface area (Å²) in [6, 6.07) is 20.1. The molecule has 2 heterocycles. The van der Waals surface area contributed by atoms with Gasteiger partial charge in [-0.1, -0.05) is 58.4 Å². The van der Waals surface area contributed by atoms with Crippen LogP contribution in [0.3, 0.4) is 0 Å². The van der Waals surface area contributed by atoms with Crippen LogP contribution < -0.4 is 0 Å². The van der Waals surface area contributed by atoms with Crippen LogP contribution in [-0.4, -0.2) is 22.3 Å². The number of nitrogens with zero attached hydrogens (tertiary/aromatic N) is 2. The smallest absolute Gasteiger partial charge is 0.109 e. The molecule has 1 fully saturated rings. The summed E-state index contributed by atoms with van der Waals surface area (Å²) in [5.74, 6) is 0. The molecule has 2 aliphatic heterocycles. The molecule has 0 bridgehead atoms. The highest BCUT2D eigenvalue weighted by Gasteiger charge is 2.62. The first-order valence-electron chi connectivity index (χ1n) is 7.27. The van der Waals surface area contributed by atoms with Crippen molar-refractivity contribution in [2.75, 3.05) is 0 Å². The Morgan fingerprint density at radius 2 is 1.62 bits per heavy atom. The summed E-state index contributed by atoms with van der Waals surface area (Å²) in [6.07, 6.45) is 0.